The Morgan fingerprint density at radius 1 is 1.32 bits per heavy atom. The lowest BCUT2D eigenvalue weighted by molar-refractivity contribution is 0.0793. The summed E-state index contributed by atoms with van der Waals surface area (Å²) < 4.78 is 5.80. The molecule has 3 rings (SSSR count). The van der Waals surface area contributed by atoms with Crippen LogP contribution in [-0.4, -0.2) is 61.3 Å². The summed E-state index contributed by atoms with van der Waals surface area (Å²) in [6, 6.07) is 10.9. The third-order valence-corrected chi connectivity index (χ3v) is 6.85. The molecular weight excluding hydrogens is 330 g/mol. The van der Waals surface area contributed by atoms with Gasteiger partial charge >= 0.3 is 0 Å². The fourth-order valence-electron chi connectivity index (χ4n) is 3.76. The van der Waals surface area contributed by atoms with Gasteiger partial charge in [-0.05, 0) is 38.0 Å². The Bertz CT molecular complexity index is 557. The molecule has 25 heavy (non-hydrogen) atoms. The third kappa shape index (κ3) is 4.70. The van der Waals surface area contributed by atoms with E-state index in [2.05, 4.69) is 53.7 Å². The van der Waals surface area contributed by atoms with Gasteiger partial charge in [0.15, 0.2) is 5.96 Å². The molecule has 2 aliphatic rings. The average Bonchev–Trinajstić information content (AvgIpc) is 3.16. The van der Waals surface area contributed by atoms with Gasteiger partial charge in [-0.25, -0.2) is 0 Å². The Kier molecular flexibility index (Phi) is 6.65. The zero-order chi connectivity index (χ0) is 17.5. The fourth-order valence-corrected chi connectivity index (χ4v) is 4.53. The van der Waals surface area contributed by atoms with Crippen LogP contribution in [0.5, 0.6) is 0 Å². The predicted molar refractivity (Wildman–Crippen MR) is 108 cm³/mol. The molecular formula is C20H31N3OS. The summed E-state index contributed by atoms with van der Waals surface area (Å²) in [4.78, 5) is 7.48. The van der Waals surface area contributed by atoms with Gasteiger partial charge in [-0.2, -0.15) is 11.8 Å². The van der Waals surface area contributed by atoms with E-state index in [1.807, 2.05) is 11.8 Å². The summed E-state index contributed by atoms with van der Waals surface area (Å²) >= 11 is 1.96. The van der Waals surface area contributed by atoms with Crippen LogP contribution in [0.3, 0.4) is 0 Å². The number of rotatable bonds is 5. The van der Waals surface area contributed by atoms with Gasteiger partial charge in [0, 0.05) is 43.5 Å². The number of nitrogens with zero attached hydrogens (tertiary/aromatic N) is 2. The van der Waals surface area contributed by atoms with E-state index in [1.54, 1.807) is 0 Å². The lowest BCUT2D eigenvalue weighted by atomic mass is 9.99. The lowest BCUT2D eigenvalue weighted by Crippen LogP contribution is -2.42. The first-order valence-corrected chi connectivity index (χ1v) is 10.7. The first-order valence-electron chi connectivity index (χ1n) is 9.47. The van der Waals surface area contributed by atoms with Gasteiger partial charge in [0.1, 0.15) is 0 Å². The summed E-state index contributed by atoms with van der Waals surface area (Å²) in [5.41, 5.74) is 1.45. The second kappa shape index (κ2) is 8.95. The van der Waals surface area contributed by atoms with E-state index >= 15 is 0 Å². The molecule has 1 unspecified atom stereocenters. The molecule has 2 saturated heterocycles. The summed E-state index contributed by atoms with van der Waals surface area (Å²) in [7, 11) is 0. The normalized spacial score (nSPS) is 23.7. The monoisotopic (exact) mass is 361 g/mol. The molecule has 0 saturated carbocycles. The molecule has 4 nitrogen and oxygen atoms in total. The van der Waals surface area contributed by atoms with Crippen LogP contribution in [-0.2, 0) is 4.74 Å². The molecule has 5 heteroatoms. The molecule has 0 bridgehead atoms. The van der Waals surface area contributed by atoms with Crippen LogP contribution in [0.4, 0.5) is 0 Å². The molecule has 1 aromatic rings. The molecule has 1 aromatic carbocycles. The van der Waals surface area contributed by atoms with Crippen molar-refractivity contribution < 1.29 is 4.74 Å². The summed E-state index contributed by atoms with van der Waals surface area (Å²) in [6.07, 6.45) is 5.62. The van der Waals surface area contributed by atoms with Crippen molar-refractivity contribution in [3.05, 3.63) is 35.9 Å². The van der Waals surface area contributed by atoms with Crippen LogP contribution in [0.2, 0.25) is 0 Å². The first-order chi connectivity index (χ1) is 12.3. The highest BCUT2D eigenvalue weighted by Gasteiger charge is 2.32. The van der Waals surface area contributed by atoms with Crippen molar-refractivity contribution in [2.24, 2.45) is 4.99 Å². The molecule has 0 spiro atoms. The maximum absolute atomic E-state index is 5.56. The lowest BCUT2D eigenvalue weighted by Gasteiger charge is -2.34. The minimum absolute atomic E-state index is 0.247. The highest BCUT2D eigenvalue weighted by Crippen LogP contribution is 2.34. The van der Waals surface area contributed by atoms with Crippen molar-refractivity contribution in [1.29, 1.82) is 0 Å². The number of benzene rings is 1. The molecule has 138 valence electrons. The van der Waals surface area contributed by atoms with E-state index < -0.39 is 0 Å². The van der Waals surface area contributed by atoms with Crippen molar-refractivity contribution in [3.63, 3.8) is 0 Å². The molecule has 2 aliphatic heterocycles. The SMILES string of the molecule is CCNC(=NCC1(SC)CCOCC1)N1CCC(c2ccccc2)C1. The first kappa shape index (κ1) is 18.6. The molecule has 0 aliphatic carbocycles. The quantitative estimate of drug-likeness (QED) is 0.645. The van der Waals surface area contributed by atoms with Crippen LogP contribution < -0.4 is 5.32 Å². The van der Waals surface area contributed by atoms with Crippen molar-refractivity contribution in [3.8, 4) is 0 Å². The standard InChI is InChI=1S/C20H31N3OS/c1-3-21-19(22-16-20(25-2)10-13-24-14-11-20)23-12-9-18(15-23)17-7-5-4-6-8-17/h4-8,18H,3,9-16H2,1-2H3,(H,21,22). The van der Waals surface area contributed by atoms with E-state index in [0.29, 0.717) is 5.92 Å². The van der Waals surface area contributed by atoms with E-state index in [1.165, 1.54) is 12.0 Å². The van der Waals surface area contributed by atoms with Gasteiger partial charge in [-0.1, -0.05) is 30.3 Å². The minimum atomic E-state index is 0.247. The molecule has 1 N–H and O–H groups in total. The predicted octanol–water partition coefficient (Wildman–Crippen LogP) is 3.35. The number of hydrogen-bond donors (Lipinski definition) is 1. The third-order valence-electron chi connectivity index (χ3n) is 5.45. The minimum Gasteiger partial charge on any atom is -0.381 e. The summed E-state index contributed by atoms with van der Waals surface area (Å²) in [6.45, 7) is 7.83. The summed E-state index contributed by atoms with van der Waals surface area (Å²) in [5, 5.41) is 3.51. The second-order valence-electron chi connectivity index (χ2n) is 7.01. The Morgan fingerprint density at radius 2 is 2.08 bits per heavy atom. The molecule has 2 fully saturated rings. The van der Waals surface area contributed by atoms with Crippen molar-refractivity contribution in [2.75, 3.05) is 45.6 Å². The number of hydrogen-bond acceptors (Lipinski definition) is 3. The smallest absolute Gasteiger partial charge is 0.193 e. The molecule has 0 aromatic heterocycles. The highest BCUT2D eigenvalue weighted by atomic mass is 32.2. The number of ether oxygens (including phenoxy) is 1. The van der Waals surface area contributed by atoms with Crippen LogP contribution in [0.1, 0.15) is 37.7 Å². The number of likely N-dealkylation sites (tertiary alicyclic amines) is 1. The average molecular weight is 362 g/mol. The fraction of sp³-hybridized carbons (Fsp3) is 0.650. The van der Waals surface area contributed by atoms with Crippen molar-refractivity contribution in [1.82, 2.24) is 10.2 Å². The van der Waals surface area contributed by atoms with E-state index in [4.69, 9.17) is 9.73 Å². The van der Waals surface area contributed by atoms with Gasteiger partial charge in [0.05, 0.1) is 6.54 Å². The Labute approximate surface area is 156 Å². The topological polar surface area (TPSA) is 36.9 Å². The summed E-state index contributed by atoms with van der Waals surface area (Å²) in [5.74, 6) is 1.70. The van der Waals surface area contributed by atoms with Gasteiger partial charge < -0.3 is 15.0 Å². The van der Waals surface area contributed by atoms with Gasteiger partial charge in [-0.15, -0.1) is 0 Å². The Hall–Kier alpha value is -1.20. The highest BCUT2D eigenvalue weighted by molar-refractivity contribution is 8.00. The zero-order valence-electron chi connectivity index (χ0n) is 15.5. The molecule has 2 heterocycles. The molecule has 0 radical (unpaired) electrons. The van der Waals surface area contributed by atoms with Gasteiger partial charge in [0.25, 0.3) is 0 Å². The Balaban J connectivity index is 1.66. The maximum atomic E-state index is 5.56. The second-order valence-corrected chi connectivity index (χ2v) is 8.29. The number of guanidine groups is 1. The van der Waals surface area contributed by atoms with Crippen molar-refractivity contribution >= 4 is 17.7 Å². The van der Waals surface area contributed by atoms with Gasteiger partial charge in [0.2, 0.25) is 0 Å². The maximum Gasteiger partial charge on any atom is 0.193 e. The van der Waals surface area contributed by atoms with E-state index in [9.17, 15) is 0 Å². The van der Waals surface area contributed by atoms with Crippen LogP contribution in [0.15, 0.2) is 35.3 Å². The largest absolute Gasteiger partial charge is 0.381 e. The van der Waals surface area contributed by atoms with Crippen LogP contribution >= 0.6 is 11.8 Å². The Morgan fingerprint density at radius 3 is 2.76 bits per heavy atom. The van der Waals surface area contributed by atoms with Crippen LogP contribution in [0.25, 0.3) is 0 Å². The number of thioether (sulfide) groups is 1. The van der Waals surface area contributed by atoms with E-state index in [0.717, 1.165) is 58.2 Å². The molecule has 1 atom stereocenters. The number of nitrogens with one attached hydrogen (secondary N) is 1. The van der Waals surface area contributed by atoms with Crippen molar-refractivity contribution in [2.45, 2.75) is 36.9 Å². The number of aliphatic imine (C=N–C) groups is 1. The zero-order valence-corrected chi connectivity index (χ0v) is 16.4. The van der Waals surface area contributed by atoms with E-state index in [-0.39, 0.29) is 4.75 Å². The van der Waals surface area contributed by atoms with Crippen LogP contribution in [0, 0.1) is 0 Å². The molecule has 0 amide bonds. The van der Waals surface area contributed by atoms with Gasteiger partial charge in [-0.3, -0.25) is 4.99 Å².